The Morgan fingerprint density at radius 3 is 2.48 bits per heavy atom. The summed E-state index contributed by atoms with van der Waals surface area (Å²) in [5.74, 6) is -0.195. The largest absolute Gasteiger partial charge is 0.493 e. The summed E-state index contributed by atoms with van der Waals surface area (Å²) in [7, 11) is -1.47. The molecule has 0 heterocycles. The molecule has 1 aliphatic carbocycles. The number of hydrogen-bond acceptors (Lipinski definition) is 5. The van der Waals surface area contributed by atoms with Gasteiger partial charge >= 0.3 is 6.18 Å². The summed E-state index contributed by atoms with van der Waals surface area (Å²) < 4.78 is 61.8. The maximum Gasteiger partial charge on any atom is 0.419 e. The van der Waals surface area contributed by atoms with E-state index in [1.165, 1.54) is 29.2 Å². The first-order valence-electron chi connectivity index (χ1n) is 11.1. The van der Waals surface area contributed by atoms with Gasteiger partial charge in [-0.2, -0.15) is 13.2 Å². The molecular weight excluding hydrogens is 454 g/mol. The molecular formula is C24H31F3NO4P. The summed E-state index contributed by atoms with van der Waals surface area (Å²) in [6.45, 7) is -0.366. The van der Waals surface area contributed by atoms with Crippen molar-refractivity contribution >= 4 is 8.69 Å². The maximum atomic E-state index is 13.6. The van der Waals surface area contributed by atoms with E-state index in [0.29, 0.717) is 12.0 Å². The summed E-state index contributed by atoms with van der Waals surface area (Å²) in [5.41, 5.74) is 8.39. The monoisotopic (exact) mass is 485 g/mol. The van der Waals surface area contributed by atoms with E-state index in [4.69, 9.17) is 15.0 Å². The molecule has 0 saturated carbocycles. The molecule has 0 aliphatic heterocycles. The Bertz CT molecular complexity index is 954. The molecule has 5 nitrogen and oxygen atoms in total. The highest BCUT2D eigenvalue weighted by Crippen LogP contribution is 2.37. The van der Waals surface area contributed by atoms with Gasteiger partial charge in [0.15, 0.2) is 8.69 Å². The molecule has 33 heavy (non-hydrogen) atoms. The topological polar surface area (TPSA) is 81.8 Å². The molecule has 0 spiro atoms. The number of aliphatic hydroxyl groups is 1. The van der Waals surface area contributed by atoms with Gasteiger partial charge in [-0.05, 0) is 79.3 Å². The molecule has 2 atom stereocenters. The molecule has 1 aliphatic rings. The highest BCUT2D eigenvalue weighted by molar-refractivity contribution is 7.17. The van der Waals surface area contributed by atoms with E-state index in [-0.39, 0.29) is 31.8 Å². The number of nitrogens with two attached hydrogens (primary N) is 1. The molecule has 0 aromatic heterocycles. The predicted molar refractivity (Wildman–Crippen MR) is 122 cm³/mol. The van der Waals surface area contributed by atoms with E-state index in [9.17, 15) is 22.8 Å². The number of aryl methyl sites for hydroxylation is 4. The van der Waals surface area contributed by atoms with Gasteiger partial charge in [0.05, 0.1) is 30.9 Å². The predicted octanol–water partition coefficient (Wildman–Crippen LogP) is 4.52. The van der Waals surface area contributed by atoms with Crippen molar-refractivity contribution in [2.75, 3.05) is 19.8 Å². The molecule has 182 valence electrons. The molecule has 3 N–H and O–H groups in total. The Morgan fingerprint density at radius 1 is 1.03 bits per heavy atom. The number of aliphatic hydroxyl groups excluding tert-OH is 1. The molecule has 9 heteroatoms. The number of benzene rings is 2. The summed E-state index contributed by atoms with van der Waals surface area (Å²) in [6, 6.07) is 10.4. The lowest BCUT2D eigenvalue weighted by atomic mass is 9.93. The van der Waals surface area contributed by atoms with Gasteiger partial charge in [0.2, 0.25) is 0 Å². The van der Waals surface area contributed by atoms with Crippen molar-refractivity contribution in [1.29, 1.82) is 0 Å². The van der Waals surface area contributed by atoms with Crippen LogP contribution in [0.25, 0.3) is 0 Å². The zero-order valence-corrected chi connectivity index (χ0v) is 19.7. The van der Waals surface area contributed by atoms with E-state index in [2.05, 4.69) is 18.2 Å². The van der Waals surface area contributed by atoms with Crippen LogP contribution < -0.4 is 10.5 Å². The zero-order valence-electron chi connectivity index (χ0n) is 18.5. The fourth-order valence-corrected chi connectivity index (χ4v) is 4.51. The lowest BCUT2D eigenvalue weighted by molar-refractivity contribution is -0.139. The Labute approximate surface area is 193 Å². The van der Waals surface area contributed by atoms with Crippen LogP contribution in [0, 0.1) is 0 Å². The third-order valence-electron chi connectivity index (χ3n) is 6.04. The Kier molecular flexibility index (Phi) is 8.99. The van der Waals surface area contributed by atoms with Crippen LogP contribution in [0.3, 0.4) is 0 Å². The lowest BCUT2D eigenvalue weighted by Crippen LogP contribution is -2.47. The van der Waals surface area contributed by atoms with Gasteiger partial charge in [0, 0.05) is 0 Å². The second-order valence-electron chi connectivity index (χ2n) is 8.66. The first-order valence-corrected chi connectivity index (χ1v) is 12.1. The highest BCUT2D eigenvalue weighted by Gasteiger charge is 2.35. The second-order valence-corrected chi connectivity index (χ2v) is 9.19. The highest BCUT2D eigenvalue weighted by atomic mass is 31.1. The third-order valence-corrected chi connectivity index (χ3v) is 6.35. The number of alkyl halides is 3. The smallest absolute Gasteiger partial charge is 0.419 e. The van der Waals surface area contributed by atoms with Crippen LogP contribution in [-0.4, -0.2) is 30.5 Å². The van der Waals surface area contributed by atoms with Crippen LogP contribution >= 0.6 is 8.69 Å². The van der Waals surface area contributed by atoms with Gasteiger partial charge in [-0.3, -0.25) is 4.57 Å². The molecule has 0 bridgehead atoms. The van der Waals surface area contributed by atoms with Gasteiger partial charge in [0.1, 0.15) is 5.75 Å². The van der Waals surface area contributed by atoms with Crippen LogP contribution in [0.4, 0.5) is 13.2 Å². The molecule has 3 rings (SSSR count). The quantitative estimate of drug-likeness (QED) is 0.341. The molecule has 2 aromatic rings. The van der Waals surface area contributed by atoms with Crippen LogP contribution in [0.1, 0.15) is 47.1 Å². The third kappa shape index (κ3) is 7.31. The lowest BCUT2D eigenvalue weighted by Gasteiger charge is -2.26. The maximum absolute atomic E-state index is 13.6. The minimum atomic E-state index is -4.56. The van der Waals surface area contributed by atoms with Crippen LogP contribution in [0.15, 0.2) is 36.4 Å². The zero-order chi connectivity index (χ0) is 23.9. The van der Waals surface area contributed by atoms with Crippen molar-refractivity contribution in [1.82, 2.24) is 0 Å². The molecule has 0 radical (unpaired) electrons. The number of ether oxygens (including phenoxy) is 1. The van der Waals surface area contributed by atoms with E-state index >= 15 is 0 Å². The second kappa shape index (κ2) is 11.5. The Hall–Kier alpha value is -1.86. The summed E-state index contributed by atoms with van der Waals surface area (Å²) >= 11 is 0. The van der Waals surface area contributed by atoms with Crippen molar-refractivity contribution in [2.45, 2.75) is 56.7 Å². The Balaban J connectivity index is 1.59. The summed E-state index contributed by atoms with van der Waals surface area (Å²) in [5, 5.41) is 9.47. The number of halogens is 3. The average molecular weight is 485 g/mol. The van der Waals surface area contributed by atoms with E-state index in [0.717, 1.165) is 25.3 Å². The van der Waals surface area contributed by atoms with E-state index < -0.39 is 32.6 Å². The van der Waals surface area contributed by atoms with Gasteiger partial charge < -0.3 is 20.1 Å². The van der Waals surface area contributed by atoms with Crippen molar-refractivity contribution < 1.29 is 32.1 Å². The fourth-order valence-electron chi connectivity index (χ4n) is 4.11. The minimum Gasteiger partial charge on any atom is -0.493 e. The van der Waals surface area contributed by atoms with Crippen LogP contribution in [0.2, 0.25) is 0 Å². The van der Waals surface area contributed by atoms with Crippen molar-refractivity contribution in [3.63, 3.8) is 0 Å². The summed E-state index contributed by atoms with van der Waals surface area (Å²) in [6.07, 6.45) is 0.590. The van der Waals surface area contributed by atoms with Gasteiger partial charge in [-0.25, -0.2) is 0 Å². The van der Waals surface area contributed by atoms with Crippen molar-refractivity contribution in [3.05, 3.63) is 64.2 Å². The molecule has 2 unspecified atom stereocenters. The van der Waals surface area contributed by atoms with Crippen molar-refractivity contribution in [3.8, 4) is 5.75 Å². The normalized spacial score (nSPS) is 15.7. The van der Waals surface area contributed by atoms with Crippen molar-refractivity contribution in [2.24, 2.45) is 5.73 Å². The van der Waals surface area contributed by atoms with Crippen LogP contribution in [-0.2, 0) is 40.9 Å². The average Bonchev–Trinajstić information content (AvgIpc) is 3.27. The molecule has 2 aromatic carbocycles. The SMILES string of the molecule is NC(CO)(CCc1ccc(OCCCc2ccc3c(c2)CCC3)c(C(F)(F)F)c1)CO[PH2]=O. The number of rotatable bonds is 12. The summed E-state index contributed by atoms with van der Waals surface area (Å²) in [4.78, 5) is 0. The molecule has 0 amide bonds. The van der Waals surface area contributed by atoms with E-state index in [1.54, 1.807) is 6.07 Å². The standard InChI is InChI=1S/C24H31F3NO4P/c25-24(26,27)21-14-18(10-11-23(28,15-29)16-32-33-30)7-9-22(21)31-12-2-3-17-6-8-19-4-1-5-20(19)13-17/h6-9,13-14,29H,1-5,10-12,15-16,28,33H2. The van der Waals surface area contributed by atoms with Gasteiger partial charge in [0.25, 0.3) is 0 Å². The van der Waals surface area contributed by atoms with Crippen LogP contribution in [0.5, 0.6) is 5.75 Å². The molecule has 0 fully saturated rings. The molecule has 0 saturated heterocycles. The van der Waals surface area contributed by atoms with Gasteiger partial charge in [-0.1, -0.05) is 24.3 Å². The van der Waals surface area contributed by atoms with Gasteiger partial charge in [-0.15, -0.1) is 0 Å². The minimum absolute atomic E-state index is 0.125. The number of hydrogen-bond donors (Lipinski definition) is 2. The fraction of sp³-hybridized carbons (Fsp3) is 0.500. The van der Waals surface area contributed by atoms with E-state index in [1.807, 2.05) is 0 Å². The first-order chi connectivity index (χ1) is 15.7. The number of fused-ring (bicyclic) bond motifs is 1. The Morgan fingerprint density at radius 2 is 1.76 bits per heavy atom. The first kappa shape index (κ1) is 25.8.